The van der Waals surface area contributed by atoms with Crippen LogP contribution in [0, 0.1) is 11.8 Å². The van der Waals surface area contributed by atoms with Gasteiger partial charge >= 0.3 is 0 Å². The maximum absolute atomic E-state index is 9.69. The van der Waals surface area contributed by atoms with Crippen LogP contribution in [0.25, 0.3) is 0 Å². The summed E-state index contributed by atoms with van der Waals surface area (Å²) in [6.07, 6.45) is 6.78. The minimum atomic E-state index is -0.199. The van der Waals surface area contributed by atoms with Crippen molar-refractivity contribution in [2.45, 2.75) is 51.2 Å². The lowest BCUT2D eigenvalue weighted by molar-refractivity contribution is 0.0955. The van der Waals surface area contributed by atoms with Crippen LogP contribution < -0.4 is 0 Å². The first-order valence-corrected chi connectivity index (χ1v) is 5.57. The molecule has 1 N–H and O–H groups in total. The molecule has 1 saturated heterocycles. The molecule has 0 bridgehead atoms. The van der Waals surface area contributed by atoms with E-state index in [9.17, 15) is 5.11 Å². The van der Waals surface area contributed by atoms with E-state index in [1.54, 1.807) is 0 Å². The van der Waals surface area contributed by atoms with E-state index in [0.29, 0.717) is 12.5 Å². The molecule has 3 atom stereocenters. The summed E-state index contributed by atoms with van der Waals surface area (Å²) in [6, 6.07) is 0. The van der Waals surface area contributed by atoms with E-state index >= 15 is 0 Å². The molecule has 0 amide bonds. The zero-order valence-corrected chi connectivity index (χ0v) is 8.41. The molecule has 2 heteroatoms. The quantitative estimate of drug-likeness (QED) is 0.711. The van der Waals surface area contributed by atoms with E-state index in [1.807, 2.05) is 0 Å². The number of ether oxygens (including phenoxy) is 1. The summed E-state index contributed by atoms with van der Waals surface area (Å²) < 4.78 is 5.44. The lowest BCUT2D eigenvalue weighted by Crippen LogP contribution is -2.24. The third-order valence-corrected chi connectivity index (χ3v) is 3.71. The summed E-state index contributed by atoms with van der Waals surface area (Å²) in [5, 5.41) is 9.69. The lowest BCUT2D eigenvalue weighted by Gasteiger charge is -2.20. The van der Waals surface area contributed by atoms with Gasteiger partial charge in [-0.2, -0.15) is 0 Å². The van der Waals surface area contributed by atoms with Crippen LogP contribution in [0.5, 0.6) is 0 Å². The number of hydrogen-bond acceptors (Lipinski definition) is 2. The van der Waals surface area contributed by atoms with E-state index in [2.05, 4.69) is 6.92 Å². The molecule has 2 aliphatic rings. The second-order valence-electron chi connectivity index (χ2n) is 4.66. The fourth-order valence-electron chi connectivity index (χ4n) is 2.79. The maximum Gasteiger partial charge on any atom is 0.0826 e. The molecule has 2 rings (SSSR count). The highest BCUT2D eigenvalue weighted by molar-refractivity contribution is 4.84. The van der Waals surface area contributed by atoms with Crippen molar-refractivity contribution in [2.24, 2.45) is 11.8 Å². The summed E-state index contributed by atoms with van der Waals surface area (Å²) in [6.45, 7) is 2.65. The highest BCUT2D eigenvalue weighted by atomic mass is 16.5. The molecule has 2 fully saturated rings. The van der Waals surface area contributed by atoms with Crippen LogP contribution in [-0.4, -0.2) is 23.9 Å². The van der Waals surface area contributed by atoms with Crippen LogP contribution in [0.2, 0.25) is 0 Å². The normalized spacial score (nSPS) is 41.5. The Hall–Kier alpha value is -0.0800. The van der Waals surface area contributed by atoms with Crippen molar-refractivity contribution in [1.82, 2.24) is 0 Å². The maximum atomic E-state index is 9.69. The fraction of sp³-hybridized carbons (Fsp3) is 1.00. The van der Waals surface area contributed by atoms with E-state index in [1.165, 1.54) is 32.1 Å². The molecule has 1 saturated carbocycles. The van der Waals surface area contributed by atoms with Crippen molar-refractivity contribution in [3.63, 3.8) is 0 Å². The van der Waals surface area contributed by atoms with Crippen molar-refractivity contribution in [1.29, 1.82) is 0 Å². The van der Waals surface area contributed by atoms with Gasteiger partial charge in [0, 0.05) is 5.92 Å². The molecule has 2 nitrogen and oxygen atoms in total. The lowest BCUT2D eigenvalue weighted by atomic mass is 9.88. The highest BCUT2D eigenvalue weighted by Crippen LogP contribution is 2.35. The first-order valence-electron chi connectivity index (χ1n) is 5.57. The zero-order valence-electron chi connectivity index (χ0n) is 8.41. The monoisotopic (exact) mass is 184 g/mol. The number of hydrogen-bond donors (Lipinski definition) is 1. The number of rotatable bonds is 2. The van der Waals surface area contributed by atoms with Gasteiger partial charge in [-0.3, -0.25) is 0 Å². The first kappa shape index (κ1) is 9.47. The minimum absolute atomic E-state index is 0.199. The second kappa shape index (κ2) is 3.97. The third kappa shape index (κ3) is 2.05. The van der Waals surface area contributed by atoms with Crippen molar-refractivity contribution < 1.29 is 9.84 Å². The molecule has 1 aliphatic heterocycles. The van der Waals surface area contributed by atoms with Gasteiger partial charge in [-0.15, -0.1) is 0 Å². The predicted molar refractivity (Wildman–Crippen MR) is 51.5 cm³/mol. The van der Waals surface area contributed by atoms with Crippen molar-refractivity contribution in [3.05, 3.63) is 0 Å². The van der Waals surface area contributed by atoms with E-state index in [4.69, 9.17) is 4.74 Å². The summed E-state index contributed by atoms with van der Waals surface area (Å²) in [5.74, 6) is 1.27. The number of aliphatic hydroxyl groups excluding tert-OH is 1. The van der Waals surface area contributed by atoms with Gasteiger partial charge in [0.15, 0.2) is 0 Å². The van der Waals surface area contributed by atoms with Crippen molar-refractivity contribution >= 4 is 0 Å². The van der Waals surface area contributed by atoms with Gasteiger partial charge in [-0.1, -0.05) is 25.7 Å². The predicted octanol–water partition coefficient (Wildman–Crippen LogP) is 1.96. The Morgan fingerprint density at radius 2 is 2.00 bits per heavy atom. The van der Waals surface area contributed by atoms with Gasteiger partial charge in [0.1, 0.15) is 0 Å². The van der Waals surface area contributed by atoms with Crippen LogP contribution in [0.15, 0.2) is 0 Å². The van der Waals surface area contributed by atoms with Gasteiger partial charge in [0.05, 0.1) is 18.8 Å². The van der Waals surface area contributed by atoms with Crippen LogP contribution in [0.1, 0.15) is 39.0 Å². The molecular formula is C11H20O2. The van der Waals surface area contributed by atoms with E-state index in [0.717, 1.165) is 5.92 Å². The zero-order chi connectivity index (χ0) is 9.26. The third-order valence-electron chi connectivity index (χ3n) is 3.71. The van der Waals surface area contributed by atoms with E-state index < -0.39 is 0 Å². The minimum Gasteiger partial charge on any atom is -0.390 e. The average molecular weight is 184 g/mol. The molecule has 0 radical (unpaired) electrons. The van der Waals surface area contributed by atoms with Crippen molar-refractivity contribution in [2.75, 3.05) is 6.61 Å². The van der Waals surface area contributed by atoms with Crippen molar-refractivity contribution in [3.8, 4) is 0 Å². The fourth-order valence-corrected chi connectivity index (χ4v) is 2.79. The van der Waals surface area contributed by atoms with Crippen LogP contribution in [0.4, 0.5) is 0 Å². The highest BCUT2D eigenvalue weighted by Gasteiger charge is 2.35. The smallest absolute Gasteiger partial charge is 0.0826 e. The molecule has 0 spiro atoms. The molecule has 0 aromatic heterocycles. The molecule has 3 unspecified atom stereocenters. The molecule has 0 aromatic carbocycles. The Kier molecular flexibility index (Phi) is 2.89. The Morgan fingerprint density at radius 1 is 1.31 bits per heavy atom. The molecule has 76 valence electrons. The Balaban J connectivity index is 1.85. The van der Waals surface area contributed by atoms with Gasteiger partial charge in [-0.25, -0.2) is 0 Å². The summed E-state index contributed by atoms with van der Waals surface area (Å²) in [7, 11) is 0. The van der Waals surface area contributed by atoms with Gasteiger partial charge < -0.3 is 9.84 Å². The van der Waals surface area contributed by atoms with Crippen LogP contribution >= 0.6 is 0 Å². The molecule has 0 aromatic rings. The van der Waals surface area contributed by atoms with Gasteiger partial charge in [0.25, 0.3) is 0 Å². The Labute approximate surface area is 80.3 Å². The number of aliphatic hydroxyl groups is 1. The topological polar surface area (TPSA) is 29.5 Å². The molecular weight excluding hydrogens is 164 g/mol. The van der Waals surface area contributed by atoms with Crippen LogP contribution in [-0.2, 0) is 4.74 Å². The summed E-state index contributed by atoms with van der Waals surface area (Å²) >= 11 is 0. The van der Waals surface area contributed by atoms with Crippen LogP contribution in [0.3, 0.4) is 0 Å². The van der Waals surface area contributed by atoms with E-state index in [-0.39, 0.29) is 12.2 Å². The molecule has 1 heterocycles. The largest absolute Gasteiger partial charge is 0.390 e. The first-order chi connectivity index (χ1) is 6.27. The summed E-state index contributed by atoms with van der Waals surface area (Å²) in [5.41, 5.74) is 0. The SMILES string of the molecule is CC1OCC(O)C1CC1CCCC1. The Morgan fingerprint density at radius 3 is 2.54 bits per heavy atom. The van der Waals surface area contributed by atoms with Gasteiger partial charge in [0.2, 0.25) is 0 Å². The van der Waals surface area contributed by atoms with Gasteiger partial charge in [-0.05, 0) is 19.3 Å². The Bertz CT molecular complexity index is 153. The molecule has 13 heavy (non-hydrogen) atoms. The average Bonchev–Trinajstić information content (AvgIpc) is 2.70. The molecule has 1 aliphatic carbocycles. The standard InChI is InChI=1S/C11H20O2/c1-8-10(11(12)7-13-8)6-9-4-2-3-5-9/h8-12H,2-7H2,1H3. The second-order valence-corrected chi connectivity index (χ2v) is 4.66. The summed E-state index contributed by atoms with van der Waals surface area (Å²) in [4.78, 5) is 0.